The smallest absolute Gasteiger partial charge is 0.266 e. The Bertz CT molecular complexity index is 1210. The van der Waals surface area contributed by atoms with Crippen LogP contribution in [-0.2, 0) is 5.41 Å². The molecule has 0 saturated heterocycles. The number of benzene rings is 2. The van der Waals surface area contributed by atoms with Gasteiger partial charge >= 0.3 is 0 Å². The van der Waals surface area contributed by atoms with Crippen molar-refractivity contribution in [2.75, 3.05) is 10.7 Å². The molecule has 0 spiro atoms. The van der Waals surface area contributed by atoms with Crippen molar-refractivity contribution in [3.8, 4) is 11.3 Å². The highest BCUT2D eigenvalue weighted by Crippen LogP contribution is 2.36. The molecular weight excluding hydrogens is 436 g/mol. The molecule has 2 aromatic carbocycles. The van der Waals surface area contributed by atoms with E-state index in [2.05, 4.69) is 65.9 Å². The summed E-state index contributed by atoms with van der Waals surface area (Å²) in [5, 5.41) is 10.5. The first-order chi connectivity index (χ1) is 15.4. The van der Waals surface area contributed by atoms with E-state index >= 15 is 0 Å². The van der Waals surface area contributed by atoms with Crippen molar-refractivity contribution in [3.05, 3.63) is 88.1 Å². The molecule has 0 aliphatic carbocycles. The molecule has 0 bridgehead atoms. The quantitative estimate of drug-likeness (QED) is 0.244. The van der Waals surface area contributed by atoms with Gasteiger partial charge in [-0.15, -0.1) is 11.3 Å². The number of hydrazone groups is 1. The Kier molecular flexibility index (Phi) is 6.48. The number of hydrogen-bond donors (Lipinski definition) is 2. The van der Waals surface area contributed by atoms with E-state index in [-0.39, 0.29) is 11.3 Å². The summed E-state index contributed by atoms with van der Waals surface area (Å²) >= 11 is 2.76. The normalized spacial score (nSPS) is 11.6. The van der Waals surface area contributed by atoms with Crippen LogP contribution in [0.1, 0.15) is 41.6 Å². The molecule has 1 amide bonds. The number of anilines is 2. The second-order valence-electron chi connectivity index (χ2n) is 8.24. The molecule has 4 aromatic rings. The van der Waals surface area contributed by atoms with Gasteiger partial charge in [0.25, 0.3) is 5.91 Å². The number of amides is 1. The molecule has 0 aliphatic rings. The zero-order valence-electron chi connectivity index (χ0n) is 18.1. The zero-order valence-corrected chi connectivity index (χ0v) is 19.8. The highest BCUT2D eigenvalue weighted by atomic mass is 32.1. The largest absolute Gasteiger partial charge is 0.311 e. The van der Waals surface area contributed by atoms with Gasteiger partial charge in [-0.2, -0.15) is 5.10 Å². The molecule has 2 heterocycles. The van der Waals surface area contributed by atoms with E-state index in [1.165, 1.54) is 28.2 Å². The number of carbonyl (C=O) groups is 1. The van der Waals surface area contributed by atoms with E-state index in [9.17, 15) is 4.79 Å². The van der Waals surface area contributed by atoms with Gasteiger partial charge in [-0.3, -0.25) is 10.2 Å². The number of aromatic nitrogens is 1. The third-order valence-electron chi connectivity index (χ3n) is 4.80. The van der Waals surface area contributed by atoms with Crippen LogP contribution in [0.5, 0.6) is 0 Å². The lowest BCUT2D eigenvalue weighted by Crippen LogP contribution is -2.10. The summed E-state index contributed by atoms with van der Waals surface area (Å²) in [6.45, 7) is 6.58. The average molecular weight is 461 g/mol. The van der Waals surface area contributed by atoms with Gasteiger partial charge in [0, 0.05) is 5.56 Å². The maximum absolute atomic E-state index is 12.6. The molecule has 0 atom stereocenters. The third-order valence-corrected chi connectivity index (χ3v) is 6.54. The molecule has 4 rings (SSSR count). The van der Waals surface area contributed by atoms with Crippen LogP contribution in [0.15, 0.2) is 77.2 Å². The molecule has 0 radical (unpaired) electrons. The summed E-state index contributed by atoms with van der Waals surface area (Å²) < 4.78 is 0. The van der Waals surface area contributed by atoms with E-state index in [1.807, 2.05) is 41.8 Å². The second kappa shape index (κ2) is 9.46. The van der Waals surface area contributed by atoms with Crippen molar-refractivity contribution in [1.29, 1.82) is 0 Å². The first-order valence-corrected chi connectivity index (χ1v) is 11.9. The number of carbonyl (C=O) groups excluding carboxylic acids is 1. The Hall–Kier alpha value is -3.29. The summed E-state index contributed by atoms with van der Waals surface area (Å²) in [5.41, 5.74) is 7.04. The van der Waals surface area contributed by atoms with E-state index in [1.54, 1.807) is 12.3 Å². The van der Waals surface area contributed by atoms with E-state index in [4.69, 9.17) is 0 Å². The van der Waals surface area contributed by atoms with Crippen LogP contribution in [0.25, 0.3) is 11.3 Å². The molecular formula is C25H24N4OS2. The number of thiazole rings is 1. The summed E-state index contributed by atoms with van der Waals surface area (Å²) in [4.78, 5) is 17.9. The van der Waals surface area contributed by atoms with E-state index < -0.39 is 0 Å². The van der Waals surface area contributed by atoms with Crippen LogP contribution in [0, 0.1) is 0 Å². The highest BCUT2D eigenvalue weighted by molar-refractivity contribution is 7.20. The number of nitrogens with one attached hydrogen (secondary N) is 2. The third kappa shape index (κ3) is 5.30. The topological polar surface area (TPSA) is 66.4 Å². The van der Waals surface area contributed by atoms with Gasteiger partial charge in [0.1, 0.15) is 10.7 Å². The lowest BCUT2D eigenvalue weighted by atomic mass is 9.87. The summed E-state index contributed by atoms with van der Waals surface area (Å²) in [7, 11) is 0. The SMILES string of the molecule is CC(C)(C)c1ccc(/C=N\Nc2nc(-c3ccccc3)c(NC(=O)c3cccs3)s2)cc1. The minimum atomic E-state index is -0.144. The van der Waals surface area contributed by atoms with Crippen LogP contribution >= 0.6 is 22.7 Å². The maximum Gasteiger partial charge on any atom is 0.266 e. The zero-order chi connectivity index (χ0) is 22.6. The van der Waals surface area contributed by atoms with Crippen LogP contribution in [0.3, 0.4) is 0 Å². The molecule has 0 unspecified atom stereocenters. The van der Waals surface area contributed by atoms with Crippen molar-refractivity contribution in [1.82, 2.24) is 4.98 Å². The number of nitrogens with zero attached hydrogens (tertiary/aromatic N) is 2. The summed E-state index contributed by atoms with van der Waals surface area (Å²) in [6.07, 6.45) is 1.76. The number of hydrogen-bond acceptors (Lipinski definition) is 6. The standard InChI is InChI=1S/C25H24N4OS2/c1-25(2,3)19-13-11-17(12-14-19)16-26-29-24-27-21(18-8-5-4-6-9-18)23(32-24)28-22(30)20-10-7-15-31-20/h4-16H,1-3H3,(H,27,29)(H,28,30)/b26-16-. The maximum atomic E-state index is 12.6. The molecule has 2 N–H and O–H groups in total. The van der Waals surface area contributed by atoms with E-state index in [0.29, 0.717) is 20.7 Å². The Morgan fingerprint density at radius 3 is 2.41 bits per heavy atom. The monoisotopic (exact) mass is 460 g/mol. The Morgan fingerprint density at radius 1 is 1.00 bits per heavy atom. The minimum Gasteiger partial charge on any atom is -0.311 e. The predicted molar refractivity (Wildman–Crippen MR) is 136 cm³/mol. The lowest BCUT2D eigenvalue weighted by Gasteiger charge is -2.18. The fourth-order valence-electron chi connectivity index (χ4n) is 3.05. The van der Waals surface area contributed by atoms with Crippen molar-refractivity contribution in [3.63, 3.8) is 0 Å². The van der Waals surface area contributed by atoms with Gasteiger partial charge in [-0.05, 0) is 28.0 Å². The number of thiophene rings is 1. The average Bonchev–Trinajstić information content (AvgIpc) is 3.45. The first kappa shape index (κ1) is 21.9. The fourth-order valence-corrected chi connectivity index (χ4v) is 4.50. The van der Waals surface area contributed by atoms with Crippen molar-refractivity contribution < 1.29 is 4.79 Å². The Labute approximate surface area is 195 Å². The summed E-state index contributed by atoms with van der Waals surface area (Å²) in [5.74, 6) is -0.144. The summed E-state index contributed by atoms with van der Waals surface area (Å²) in [6, 6.07) is 21.8. The molecule has 162 valence electrons. The van der Waals surface area contributed by atoms with Gasteiger partial charge < -0.3 is 5.32 Å². The molecule has 32 heavy (non-hydrogen) atoms. The fraction of sp³-hybridized carbons (Fsp3) is 0.160. The van der Waals surface area contributed by atoms with Crippen LogP contribution < -0.4 is 10.7 Å². The molecule has 0 fully saturated rings. The molecule has 2 aromatic heterocycles. The van der Waals surface area contributed by atoms with Crippen molar-refractivity contribution in [2.45, 2.75) is 26.2 Å². The van der Waals surface area contributed by atoms with Gasteiger partial charge in [-0.1, -0.05) is 92.8 Å². The van der Waals surface area contributed by atoms with Gasteiger partial charge in [-0.25, -0.2) is 4.98 Å². The Balaban J connectivity index is 1.53. The molecule has 5 nitrogen and oxygen atoms in total. The number of rotatable bonds is 6. The molecule has 7 heteroatoms. The first-order valence-electron chi connectivity index (χ1n) is 10.2. The van der Waals surface area contributed by atoms with E-state index in [0.717, 1.165) is 11.1 Å². The lowest BCUT2D eigenvalue weighted by molar-refractivity contribution is 0.103. The van der Waals surface area contributed by atoms with Crippen LogP contribution in [-0.4, -0.2) is 17.1 Å². The second-order valence-corrected chi connectivity index (χ2v) is 10.2. The Morgan fingerprint density at radius 2 is 1.75 bits per heavy atom. The minimum absolute atomic E-state index is 0.118. The van der Waals surface area contributed by atoms with Crippen molar-refractivity contribution in [2.24, 2.45) is 5.10 Å². The van der Waals surface area contributed by atoms with Gasteiger partial charge in [0.15, 0.2) is 0 Å². The predicted octanol–water partition coefficient (Wildman–Crippen LogP) is 6.87. The van der Waals surface area contributed by atoms with Gasteiger partial charge in [0.05, 0.1) is 11.1 Å². The van der Waals surface area contributed by atoms with Gasteiger partial charge in [0.2, 0.25) is 5.13 Å². The van der Waals surface area contributed by atoms with Crippen LogP contribution in [0.2, 0.25) is 0 Å². The van der Waals surface area contributed by atoms with Crippen molar-refractivity contribution >= 4 is 44.9 Å². The van der Waals surface area contributed by atoms with Crippen LogP contribution in [0.4, 0.5) is 10.1 Å². The molecule has 0 saturated carbocycles. The highest BCUT2D eigenvalue weighted by Gasteiger charge is 2.17. The molecule has 0 aliphatic heterocycles.